The van der Waals surface area contributed by atoms with Crippen molar-refractivity contribution in [3.05, 3.63) is 17.5 Å². The highest BCUT2D eigenvalue weighted by atomic mass is 16.2. The molecule has 0 aromatic carbocycles. The van der Waals surface area contributed by atoms with Crippen LogP contribution in [0.15, 0.2) is 6.20 Å². The van der Waals surface area contributed by atoms with Crippen molar-refractivity contribution in [2.45, 2.75) is 58.5 Å². The van der Waals surface area contributed by atoms with Crippen molar-refractivity contribution in [1.29, 1.82) is 0 Å². The zero-order chi connectivity index (χ0) is 15.4. The fourth-order valence-corrected chi connectivity index (χ4v) is 2.92. The number of nitrogens with zero attached hydrogens (tertiary/aromatic N) is 3. The van der Waals surface area contributed by atoms with Gasteiger partial charge in [0.1, 0.15) is 0 Å². The molecule has 5 heteroatoms. The second kappa shape index (κ2) is 7.07. The van der Waals surface area contributed by atoms with Crippen LogP contribution < -0.4 is 5.32 Å². The summed E-state index contributed by atoms with van der Waals surface area (Å²) < 4.78 is 1.85. The van der Waals surface area contributed by atoms with Crippen molar-refractivity contribution < 1.29 is 4.79 Å². The van der Waals surface area contributed by atoms with Crippen molar-refractivity contribution in [3.63, 3.8) is 0 Å². The maximum atomic E-state index is 12.4. The second-order valence-corrected chi connectivity index (χ2v) is 6.36. The summed E-state index contributed by atoms with van der Waals surface area (Å²) in [5, 5.41) is 7.86. The van der Waals surface area contributed by atoms with E-state index in [1.54, 1.807) is 0 Å². The number of piperidine rings is 1. The molecule has 5 nitrogen and oxygen atoms in total. The number of amides is 1. The predicted molar refractivity (Wildman–Crippen MR) is 84.0 cm³/mol. The highest BCUT2D eigenvalue weighted by molar-refractivity contribution is 5.81. The normalized spacial score (nSPS) is 17.3. The third-order valence-corrected chi connectivity index (χ3v) is 4.12. The Morgan fingerprint density at radius 2 is 1.95 bits per heavy atom. The Balaban J connectivity index is 1.91. The fourth-order valence-electron chi connectivity index (χ4n) is 2.92. The minimum atomic E-state index is -0.136. The van der Waals surface area contributed by atoms with Gasteiger partial charge in [-0.05, 0) is 32.1 Å². The van der Waals surface area contributed by atoms with Gasteiger partial charge in [-0.3, -0.25) is 9.48 Å². The highest BCUT2D eigenvalue weighted by Crippen LogP contribution is 2.17. The summed E-state index contributed by atoms with van der Waals surface area (Å²) in [5.41, 5.74) is 2.30. The van der Waals surface area contributed by atoms with Gasteiger partial charge in [0.15, 0.2) is 0 Å². The Bertz CT molecular complexity index is 475. The summed E-state index contributed by atoms with van der Waals surface area (Å²) in [5.74, 6) is 0.626. The molecule has 2 rings (SSSR count). The molecule has 1 saturated heterocycles. The second-order valence-electron chi connectivity index (χ2n) is 6.36. The van der Waals surface area contributed by atoms with Crippen molar-refractivity contribution in [2.75, 3.05) is 13.1 Å². The SMILES string of the molecule is CC(NCc1cn(C)nc1C(C)C)C(=O)N1CCCCC1. The minimum absolute atomic E-state index is 0.136. The Morgan fingerprint density at radius 1 is 1.29 bits per heavy atom. The van der Waals surface area contributed by atoms with Crippen molar-refractivity contribution in [1.82, 2.24) is 20.0 Å². The summed E-state index contributed by atoms with van der Waals surface area (Å²) >= 11 is 0. The Hall–Kier alpha value is -1.36. The maximum Gasteiger partial charge on any atom is 0.239 e. The Morgan fingerprint density at radius 3 is 2.57 bits per heavy atom. The summed E-state index contributed by atoms with van der Waals surface area (Å²) in [4.78, 5) is 14.4. The van der Waals surface area contributed by atoms with E-state index in [1.165, 1.54) is 12.0 Å². The molecule has 1 fully saturated rings. The first-order chi connectivity index (χ1) is 9.99. The van der Waals surface area contributed by atoms with Crippen LogP contribution in [0.5, 0.6) is 0 Å². The van der Waals surface area contributed by atoms with E-state index >= 15 is 0 Å². The highest BCUT2D eigenvalue weighted by Gasteiger charge is 2.22. The van der Waals surface area contributed by atoms with Crippen LogP contribution in [0.25, 0.3) is 0 Å². The van der Waals surface area contributed by atoms with Crippen LogP contribution in [0.2, 0.25) is 0 Å². The smallest absolute Gasteiger partial charge is 0.239 e. The lowest BCUT2D eigenvalue weighted by atomic mass is 10.1. The van der Waals surface area contributed by atoms with E-state index in [2.05, 4.69) is 24.3 Å². The van der Waals surface area contributed by atoms with E-state index in [4.69, 9.17) is 0 Å². The zero-order valence-corrected chi connectivity index (χ0v) is 13.7. The van der Waals surface area contributed by atoms with Gasteiger partial charge in [0.25, 0.3) is 0 Å². The molecular formula is C16H28N4O. The summed E-state index contributed by atoms with van der Waals surface area (Å²) in [6.07, 6.45) is 5.57. The van der Waals surface area contributed by atoms with Crippen molar-refractivity contribution in [3.8, 4) is 0 Å². The molecule has 1 N–H and O–H groups in total. The average Bonchev–Trinajstić information content (AvgIpc) is 2.86. The van der Waals surface area contributed by atoms with Gasteiger partial charge in [-0.2, -0.15) is 5.10 Å². The third kappa shape index (κ3) is 4.06. The molecule has 2 heterocycles. The van der Waals surface area contributed by atoms with Crippen LogP contribution in [0, 0.1) is 0 Å². The van der Waals surface area contributed by atoms with Gasteiger partial charge in [0.2, 0.25) is 5.91 Å². The molecule has 1 aliphatic heterocycles. The molecule has 21 heavy (non-hydrogen) atoms. The number of nitrogens with one attached hydrogen (secondary N) is 1. The van der Waals surface area contributed by atoms with Crippen LogP contribution in [0.4, 0.5) is 0 Å². The first kappa shape index (κ1) is 16.0. The topological polar surface area (TPSA) is 50.2 Å². The molecule has 1 aromatic rings. The lowest BCUT2D eigenvalue weighted by Crippen LogP contribution is -2.46. The molecular weight excluding hydrogens is 264 g/mol. The van der Waals surface area contributed by atoms with E-state index in [9.17, 15) is 4.79 Å². The largest absolute Gasteiger partial charge is 0.341 e. The molecule has 118 valence electrons. The number of hydrogen-bond acceptors (Lipinski definition) is 3. The number of likely N-dealkylation sites (tertiary alicyclic amines) is 1. The molecule has 0 aliphatic carbocycles. The maximum absolute atomic E-state index is 12.4. The number of aromatic nitrogens is 2. The van der Waals surface area contributed by atoms with Crippen LogP contribution >= 0.6 is 0 Å². The molecule has 1 atom stereocenters. The molecule has 0 radical (unpaired) electrons. The van der Waals surface area contributed by atoms with E-state index < -0.39 is 0 Å². The van der Waals surface area contributed by atoms with Gasteiger partial charge in [-0.1, -0.05) is 13.8 Å². The standard InChI is InChI=1S/C16H28N4O/c1-12(2)15-14(11-19(4)18-15)10-17-13(3)16(21)20-8-6-5-7-9-20/h11-13,17H,5-10H2,1-4H3. The minimum Gasteiger partial charge on any atom is -0.341 e. The van der Waals surface area contributed by atoms with Crippen molar-refractivity contribution >= 4 is 5.91 Å². The van der Waals surface area contributed by atoms with E-state index in [0.717, 1.165) is 31.6 Å². The van der Waals surface area contributed by atoms with Gasteiger partial charge in [0.05, 0.1) is 11.7 Å². The van der Waals surface area contributed by atoms with Gasteiger partial charge in [-0.15, -0.1) is 0 Å². The van der Waals surface area contributed by atoms with Crippen LogP contribution in [-0.4, -0.2) is 39.7 Å². The lowest BCUT2D eigenvalue weighted by Gasteiger charge is -2.29. The molecule has 0 spiro atoms. The first-order valence-corrected chi connectivity index (χ1v) is 8.03. The average molecular weight is 292 g/mol. The summed E-state index contributed by atoms with van der Waals surface area (Å²) in [6.45, 7) is 8.77. The molecule has 1 amide bonds. The number of rotatable bonds is 5. The number of carbonyl (C=O) groups excluding carboxylic acids is 1. The van der Waals surface area contributed by atoms with E-state index in [1.807, 2.05) is 29.7 Å². The van der Waals surface area contributed by atoms with Gasteiger partial charge < -0.3 is 10.2 Å². The Labute approximate surface area is 127 Å². The first-order valence-electron chi connectivity index (χ1n) is 8.03. The van der Waals surface area contributed by atoms with Gasteiger partial charge >= 0.3 is 0 Å². The number of aryl methyl sites for hydroxylation is 1. The Kier molecular flexibility index (Phi) is 5.39. The predicted octanol–water partition coefficient (Wildman–Crippen LogP) is 2.03. The molecule has 1 aliphatic rings. The lowest BCUT2D eigenvalue weighted by molar-refractivity contribution is -0.133. The van der Waals surface area contributed by atoms with Gasteiger partial charge in [-0.25, -0.2) is 0 Å². The van der Waals surface area contributed by atoms with Crippen LogP contribution in [0.3, 0.4) is 0 Å². The molecule has 0 bridgehead atoms. The molecule has 1 unspecified atom stereocenters. The van der Waals surface area contributed by atoms with E-state index in [-0.39, 0.29) is 11.9 Å². The quantitative estimate of drug-likeness (QED) is 0.903. The summed E-state index contributed by atoms with van der Waals surface area (Å²) in [6, 6.07) is -0.136. The van der Waals surface area contributed by atoms with Crippen LogP contribution in [0.1, 0.15) is 57.2 Å². The molecule has 0 saturated carbocycles. The third-order valence-electron chi connectivity index (χ3n) is 4.12. The number of carbonyl (C=O) groups is 1. The van der Waals surface area contributed by atoms with E-state index in [0.29, 0.717) is 12.5 Å². The molecule has 1 aromatic heterocycles. The monoisotopic (exact) mass is 292 g/mol. The van der Waals surface area contributed by atoms with Gasteiger partial charge in [0, 0.05) is 38.4 Å². The fraction of sp³-hybridized carbons (Fsp3) is 0.750. The number of hydrogen-bond donors (Lipinski definition) is 1. The van der Waals surface area contributed by atoms with Crippen molar-refractivity contribution in [2.24, 2.45) is 7.05 Å². The summed E-state index contributed by atoms with van der Waals surface area (Å²) in [7, 11) is 1.94. The zero-order valence-electron chi connectivity index (χ0n) is 13.7. The van der Waals surface area contributed by atoms with Crippen LogP contribution in [-0.2, 0) is 18.4 Å².